The Morgan fingerprint density at radius 1 is 1.32 bits per heavy atom. The number of hydrogen-bond acceptors (Lipinski definition) is 7. The Morgan fingerprint density at radius 2 is 2.04 bits per heavy atom. The fourth-order valence-corrected chi connectivity index (χ4v) is 4.34. The van der Waals surface area contributed by atoms with Gasteiger partial charge in [0.1, 0.15) is 10.8 Å². The van der Waals surface area contributed by atoms with Crippen molar-refractivity contribution in [1.29, 1.82) is 0 Å². The third-order valence-electron chi connectivity index (χ3n) is 3.28. The number of aryl methyl sites for hydroxylation is 1. The van der Waals surface area contributed by atoms with Crippen LogP contribution in [0.5, 0.6) is 0 Å². The maximum absolute atomic E-state index is 13.0. The first kappa shape index (κ1) is 22.3. The zero-order valence-corrected chi connectivity index (χ0v) is 17.4. The number of hydrogen-bond donors (Lipinski definition) is 2. The number of nitrogens with one attached hydrogen (secondary N) is 1. The molecule has 0 saturated heterocycles. The summed E-state index contributed by atoms with van der Waals surface area (Å²) >= 11 is 8.91. The van der Waals surface area contributed by atoms with Gasteiger partial charge in [0.05, 0.1) is 16.8 Å². The van der Waals surface area contributed by atoms with Gasteiger partial charge >= 0.3 is 0 Å². The van der Waals surface area contributed by atoms with Crippen LogP contribution < -0.4 is 11.1 Å². The van der Waals surface area contributed by atoms with Crippen LogP contribution in [0.3, 0.4) is 0 Å². The Labute approximate surface area is 170 Å². The molecular formula is C14H17Cl3FN5S2. The average molecular weight is 445 g/mol. The van der Waals surface area contributed by atoms with Crippen molar-refractivity contribution in [3.63, 3.8) is 0 Å². The zero-order chi connectivity index (χ0) is 16.6. The van der Waals surface area contributed by atoms with Crippen LogP contribution >= 0.6 is 59.1 Å². The third-order valence-corrected chi connectivity index (χ3v) is 5.57. The maximum atomic E-state index is 13.0. The number of nitrogens with zero attached hydrogens (tertiary/aromatic N) is 3. The number of aromatic nitrogens is 3. The lowest BCUT2D eigenvalue weighted by molar-refractivity contribution is 0.588. The van der Waals surface area contributed by atoms with Gasteiger partial charge in [-0.3, -0.25) is 0 Å². The molecule has 5 nitrogen and oxygen atoms in total. The summed E-state index contributed by atoms with van der Waals surface area (Å²) in [6, 6.07) is 0.0693. The molecule has 0 bridgehead atoms. The van der Waals surface area contributed by atoms with Gasteiger partial charge in [0.25, 0.3) is 0 Å². The molecule has 0 fully saturated rings. The second-order valence-corrected chi connectivity index (χ2v) is 7.65. The van der Waals surface area contributed by atoms with Crippen LogP contribution in [0, 0.1) is 12.9 Å². The standard InChI is InChI=1S/C14H15ClFN5S2.2ClH/c1-6(17)3-8-7(2)11-12(23-8)13(21-14(15)20-11)18-4-10-19-9(16)5-22-10;;/h5-6H,3-4,17H2,1-2H3,(H,18,20,21);2*1H. The maximum Gasteiger partial charge on any atom is 0.224 e. The van der Waals surface area contributed by atoms with Gasteiger partial charge in [0, 0.05) is 16.3 Å². The molecule has 3 heterocycles. The van der Waals surface area contributed by atoms with Gasteiger partial charge in [0.2, 0.25) is 11.2 Å². The highest BCUT2D eigenvalue weighted by molar-refractivity contribution is 7.19. The Morgan fingerprint density at radius 3 is 2.64 bits per heavy atom. The molecule has 1 unspecified atom stereocenters. The Balaban J connectivity index is 0.00000156. The molecule has 3 aromatic heterocycles. The monoisotopic (exact) mass is 443 g/mol. The van der Waals surface area contributed by atoms with Crippen LogP contribution in [0.4, 0.5) is 10.2 Å². The smallest absolute Gasteiger partial charge is 0.224 e. The summed E-state index contributed by atoms with van der Waals surface area (Å²) in [6.07, 6.45) is 0.779. The lowest BCUT2D eigenvalue weighted by atomic mass is 10.1. The van der Waals surface area contributed by atoms with Crippen molar-refractivity contribution in [1.82, 2.24) is 15.0 Å². The van der Waals surface area contributed by atoms with E-state index in [0.717, 1.165) is 22.2 Å². The molecule has 0 aliphatic carbocycles. The number of nitrogens with two attached hydrogens (primary N) is 1. The molecule has 138 valence electrons. The number of halogens is 4. The highest BCUT2D eigenvalue weighted by Crippen LogP contribution is 2.35. The minimum atomic E-state index is -0.469. The van der Waals surface area contributed by atoms with Crippen LogP contribution in [0.15, 0.2) is 5.38 Å². The van der Waals surface area contributed by atoms with E-state index in [-0.39, 0.29) is 36.1 Å². The largest absolute Gasteiger partial charge is 0.362 e. The highest BCUT2D eigenvalue weighted by Gasteiger charge is 2.16. The van der Waals surface area contributed by atoms with E-state index in [4.69, 9.17) is 17.3 Å². The van der Waals surface area contributed by atoms with Crippen molar-refractivity contribution in [2.45, 2.75) is 32.9 Å². The van der Waals surface area contributed by atoms with Crippen molar-refractivity contribution >= 4 is 75.1 Å². The molecular weight excluding hydrogens is 428 g/mol. The minimum Gasteiger partial charge on any atom is -0.362 e. The zero-order valence-electron chi connectivity index (χ0n) is 13.4. The van der Waals surface area contributed by atoms with E-state index >= 15 is 0 Å². The van der Waals surface area contributed by atoms with Crippen LogP contribution in [0.2, 0.25) is 5.28 Å². The molecule has 3 aromatic rings. The van der Waals surface area contributed by atoms with Crippen molar-refractivity contribution in [2.24, 2.45) is 5.73 Å². The lowest BCUT2D eigenvalue weighted by Gasteiger charge is -2.05. The molecule has 0 aliphatic heterocycles. The average Bonchev–Trinajstić information content (AvgIpc) is 3.02. The van der Waals surface area contributed by atoms with E-state index in [1.54, 1.807) is 11.3 Å². The summed E-state index contributed by atoms with van der Waals surface area (Å²) in [5, 5.41) is 5.37. The lowest BCUT2D eigenvalue weighted by Crippen LogP contribution is -2.17. The Hall–Kier alpha value is -0.770. The highest BCUT2D eigenvalue weighted by atomic mass is 35.5. The first-order valence-electron chi connectivity index (χ1n) is 6.99. The van der Waals surface area contributed by atoms with E-state index in [9.17, 15) is 4.39 Å². The van der Waals surface area contributed by atoms with Crippen LogP contribution in [-0.4, -0.2) is 21.0 Å². The molecule has 11 heteroatoms. The molecule has 1 atom stereocenters. The first-order valence-corrected chi connectivity index (χ1v) is 9.06. The van der Waals surface area contributed by atoms with Gasteiger partial charge in [-0.05, 0) is 37.4 Å². The van der Waals surface area contributed by atoms with Gasteiger partial charge in [-0.25, -0.2) is 9.97 Å². The summed E-state index contributed by atoms with van der Waals surface area (Å²) < 4.78 is 13.9. The SMILES string of the molecule is Cc1c(CC(C)N)sc2c(NCc3nc(F)cs3)nc(Cl)nc12.Cl.Cl. The molecule has 0 radical (unpaired) electrons. The van der Waals surface area contributed by atoms with Crippen molar-refractivity contribution < 1.29 is 4.39 Å². The Kier molecular flexibility index (Phi) is 8.24. The normalized spacial score (nSPS) is 11.7. The van der Waals surface area contributed by atoms with Crippen LogP contribution in [0.1, 0.15) is 22.4 Å². The van der Waals surface area contributed by atoms with Gasteiger partial charge in [-0.15, -0.1) is 47.5 Å². The van der Waals surface area contributed by atoms with Crippen molar-refractivity contribution in [2.75, 3.05) is 5.32 Å². The van der Waals surface area contributed by atoms with Crippen molar-refractivity contribution in [3.05, 3.63) is 32.1 Å². The quantitative estimate of drug-likeness (QED) is 0.563. The summed E-state index contributed by atoms with van der Waals surface area (Å²) in [6.45, 7) is 4.37. The second-order valence-electron chi connectivity index (χ2n) is 5.27. The van der Waals surface area contributed by atoms with Gasteiger partial charge in [-0.2, -0.15) is 9.37 Å². The van der Waals surface area contributed by atoms with E-state index in [0.29, 0.717) is 17.4 Å². The van der Waals surface area contributed by atoms with E-state index < -0.39 is 5.95 Å². The minimum absolute atomic E-state index is 0. The number of anilines is 1. The fraction of sp³-hybridized carbons (Fsp3) is 0.357. The topological polar surface area (TPSA) is 76.7 Å². The predicted molar refractivity (Wildman–Crippen MR) is 108 cm³/mol. The number of fused-ring (bicyclic) bond motifs is 1. The van der Waals surface area contributed by atoms with Gasteiger partial charge in [0.15, 0.2) is 0 Å². The van der Waals surface area contributed by atoms with E-state index in [1.165, 1.54) is 21.6 Å². The Bertz CT molecular complexity index is 852. The van der Waals surface area contributed by atoms with Gasteiger partial charge in [-0.1, -0.05) is 0 Å². The molecule has 0 saturated carbocycles. The summed E-state index contributed by atoms with van der Waals surface area (Å²) in [5.41, 5.74) is 7.82. The molecule has 0 amide bonds. The summed E-state index contributed by atoms with van der Waals surface area (Å²) in [7, 11) is 0. The fourth-order valence-electron chi connectivity index (χ4n) is 2.24. The summed E-state index contributed by atoms with van der Waals surface area (Å²) in [4.78, 5) is 13.6. The van der Waals surface area contributed by atoms with Crippen molar-refractivity contribution in [3.8, 4) is 0 Å². The third kappa shape index (κ3) is 5.12. The number of rotatable bonds is 5. The van der Waals surface area contributed by atoms with Gasteiger partial charge < -0.3 is 11.1 Å². The van der Waals surface area contributed by atoms with E-state index in [2.05, 4.69) is 20.3 Å². The van der Waals surface area contributed by atoms with Crippen LogP contribution in [0.25, 0.3) is 10.2 Å². The molecule has 3 N–H and O–H groups in total. The molecule has 0 spiro atoms. The predicted octanol–water partition coefficient (Wildman–Crippen LogP) is 4.59. The summed E-state index contributed by atoms with van der Waals surface area (Å²) in [5.74, 6) is 0.170. The number of thiophene rings is 1. The second kappa shape index (κ2) is 9.25. The van der Waals surface area contributed by atoms with E-state index in [1.807, 2.05) is 13.8 Å². The molecule has 0 aliphatic rings. The molecule has 25 heavy (non-hydrogen) atoms. The first-order chi connectivity index (χ1) is 10.9. The van der Waals surface area contributed by atoms with Crippen LogP contribution in [-0.2, 0) is 13.0 Å². The molecule has 3 rings (SSSR count). The molecule has 0 aromatic carbocycles. The number of thiazole rings is 1.